The number of aryl methyl sites for hydroxylation is 3. The predicted octanol–water partition coefficient (Wildman–Crippen LogP) is 6.19. The fraction of sp³-hybridized carbons (Fsp3) is 0.286. The van der Waals surface area contributed by atoms with Gasteiger partial charge >= 0.3 is 0 Å². The Kier molecular flexibility index (Phi) is 6.50. The van der Waals surface area contributed by atoms with Crippen molar-refractivity contribution < 1.29 is 9.53 Å². The van der Waals surface area contributed by atoms with Crippen LogP contribution >= 0.6 is 11.3 Å². The number of amides is 1. The van der Waals surface area contributed by atoms with Crippen molar-refractivity contribution in [2.45, 2.75) is 45.4 Å². The number of benzene rings is 2. The Bertz CT molecular complexity index is 1330. The van der Waals surface area contributed by atoms with E-state index < -0.39 is 0 Å². The van der Waals surface area contributed by atoms with Crippen LogP contribution in [0.3, 0.4) is 0 Å². The number of ether oxygens (including phenoxy) is 1. The maximum absolute atomic E-state index is 13.2. The van der Waals surface area contributed by atoms with Crippen LogP contribution in [-0.4, -0.2) is 17.5 Å². The first-order valence-electron chi connectivity index (χ1n) is 11.9. The molecular formula is C28H29N3O2S. The van der Waals surface area contributed by atoms with Crippen LogP contribution in [0.2, 0.25) is 0 Å². The summed E-state index contributed by atoms with van der Waals surface area (Å²) >= 11 is 1.39. The van der Waals surface area contributed by atoms with Gasteiger partial charge in [-0.1, -0.05) is 36.4 Å². The average molecular weight is 472 g/mol. The molecule has 2 aromatic heterocycles. The number of thiophene rings is 1. The molecule has 0 spiro atoms. The Morgan fingerprint density at radius 3 is 2.65 bits per heavy atom. The van der Waals surface area contributed by atoms with Crippen LogP contribution in [0.15, 0.2) is 54.6 Å². The number of nitrogens with two attached hydrogens (primary N) is 1. The van der Waals surface area contributed by atoms with Gasteiger partial charge in [-0.15, -0.1) is 11.3 Å². The Labute approximate surface area is 204 Å². The van der Waals surface area contributed by atoms with E-state index in [9.17, 15) is 4.79 Å². The molecule has 6 heteroatoms. The van der Waals surface area contributed by atoms with E-state index in [4.69, 9.17) is 15.5 Å². The first-order valence-corrected chi connectivity index (χ1v) is 12.8. The predicted molar refractivity (Wildman–Crippen MR) is 140 cm³/mol. The Morgan fingerprint density at radius 2 is 1.85 bits per heavy atom. The largest absolute Gasteiger partial charge is 0.494 e. The zero-order valence-electron chi connectivity index (χ0n) is 19.4. The molecule has 4 aromatic rings. The fourth-order valence-corrected chi connectivity index (χ4v) is 5.83. The quantitative estimate of drug-likeness (QED) is 0.337. The summed E-state index contributed by atoms with van der Waals surface area (Å²) in [5.74, 6) is 0.521. The maximum atomic E-state index is 13.2. The second kappa shape index (κ2) is 9.85. The maximum Gasteiger partial charge on any atom is 0.267 e. The number of hydrogen-bond donors (Lipinski definition) is 2. The van der Waals surface area contributed by atoms with Gasteiger partial charge in [-0.2, -0.15) is 0 Å². The van der Waals surface area contributed by atoms with Gasteiger partial charge in [0, 0.05) is 22.8 Å². The molecule has 34 heavy (non-hydrogen) atoms. The Morgan fingerprint density at radius 1 is 1.06 bits per heavy atom. The Hall–Kier alpha value is -3.38. The number of nitrogens with one attached hydrogen (secondary N) is 1. The third kappa shape index (κ3) is 4.50. The van der Waals surface area contributed by atoms with E-state index >= 15 is 0 Å². The summed E-state index contributed by atoms with van der Waals surface area (Å²) in [6, 6.07) is 18.0. The van der Waals surface area contributed by atoms with Gasteiger partial charge in [0.25, 0.3) is 5.91 Å². The molecule has 0 atom stereocenters. The highest BCUT2D eigenvalue weighted by molar-refractivity contribution is 7.21. The molecule has 1 amide bonds. The molecule has 1 aliphatic rings. The van der Waals surface area contributed by atoms with E-state index in [1.807, 2.05) is 37.3 Å². The van der Waals surface area contributed by atoms with Crippen molar-refractivity contribution in [1.29, 1.82) is 0 Å². The standard InChI is InChI=1S/C28H29N3O2S/c1-2-33-20-12-8-11-19(17-20)30-27(32)26-25(29)24-22-14-7-6-13-21(22)23(31-28(24)34-26)16-15-18-9-4-3-5-10-18/h3-5,8-12,17H,2,6-7,13-16,29H2,1H3,(H,30,32). The summed E-state index contributed by atoms with van der Waals surface area (Å²) in [6.45, 7) is 2.51. The van der Waals surface area contributed by atoms with Gasteiger partial charge < -0.3 is 15.8 Å². The summed E-state index contributed by atoms with van der Waals surface area (Å²) in [5, 5.41) is 3.97. The highest BCUT2D eigenvalue weighted by Crippen LogP contribution is 2.40. The molecule has 0 radical (unpaired) electrons. The molecular weight excluding hydrogens is 442 g/mol. The molecule has 174 valence electrons. The minimum absolute atomic E-state index is 0.204. The lowest BCUT2D eigenvalue weighted by Crippen LogP contribution is -2.13. The van der Waals surface area contributed by atoms with Crippen molar-refractivity contribution in [3.05, 3.63) is 81.9 Å². The summed E-state index contributed by atoms with van der Waals surface area (Å²) in [7, 11) is 0. The second-order valence-corrected chi connectivity index (χ2v) is 9.65. The molecule has 2 aromatic carbocycles. The molecule has 0 bridgehead atoms. The minimum Gasteiger partial charge on any atom is -0.494 e. The van der Waals surface area contributed by atoms with Crippen LogP contribution in [-0.2, 0) is 25.7 Å². The zero-order chi connectivity index (χ0) is 23.5. The lowest BCUT2D eigenvalue weighted by atomic mass is 9.87. The number of rotatable bonds is 7. The van der Waals surface area contributed by atoms with Gasteiger partial charge in [0.05, 0.1) is 12.3 Å². The lowest BCUT2D eigenvalue weighted by molar-refractivity contribution is 0.103. The molecule has 0 aliphatic heterocycles. The normalized spacial score (nSPS) is 13.0. The van der Waals surface area contributed by atoms with E-state index in [0.717, 1.165) is 53.8 Å². The lowest BCUT2D eigenvalue weighted by Gasteiger charge is -2.20. The highest BCUT2D eigenvalue weighted by Gasteiger charge is 2.25. The van der Waals surface area contributed by atoms with Gasteiger partial charge in [0.15, 0.2) is 0 Å². The molecule has 0 unspecified atom stereocenters. The Balaban J connectivity index is 1.48. The van der Waals surface area contributed by atoms with E-state index in [-0.39, 0.29) is 5.91 Å². The van der Waals surface area contributed by atoms with Crippen LogP contribution < -0.4 is 15.8 Å². The molecule has 0 saturated carbocycles. The summed E-state index contributed by atoms with van der Waals surface area (Å²) < 4.78 is 5.55. The van der Waals surface area contributed by atoms with Crippen molar-refractivity contribution in [3.63, 3.8) is 0 Å². The number of pyridine rings is 1. The van der Waals surface area contributed by atoms with E-state index in [0.29, 0.717) is 22.9 Å². The monoisotopic (exact) mass is 471 g/mol. The topological polar surface area (TPSA) is 77.2 Å². The molecule has 2 heterocycles. The third-order valence-corrected chi connectivity index (χ3v) is 7.48. The van der Waals surface area contributed by atoms with Gasteiger partial charge in [-0.3, -0.25) is 4.79 Å². The number of aromatic nitrogens is 1. The fourth-order valence-electron chi connectivity index (χ4n) is 4.79. The van der Waals surface area contributed by atoms with Crippen molar-refractivity contribution in [3.8, 4) is 5.75 Å². The summed E-state index contributed by atoms with van der Waals surface area (Å²) in [4.78, 5) is 19.6. The second-order valence-electron chi connectivity index (χ2n) is 8.65. The summed E-state index contributed by atoms with van der Waals surface area (Å²) in [5.41, 5.74) is 12.9. The number of carbonyl (C=O) groups is 1. The first-order chi connectivity index (χ1) is 16.6. The van der Waals surface area contributed by atoms with Crippen molar-refractivity contribution >= 4 is 38.8 Å². The summed E-state index contributed by atoms with van der Waals surface area (Å²) in [6.07, 6.45) is 6.19. The van der Waals surface area contributed by atoms with Crippen LogP contribution in [0.25, 0.3) is 10.2 Å². The van der Waals surface area contributed by atoms with E-state index in [1.54, 1.807) is 0 Å². The van der Waals surface area contributed by atoms with Crippen molar-refractivity contribution in [2.75, 3.05) is 17.7 Å². The molecule has 5 nitrogen and oxygen atoms in total. The van der Waals surface area contributed by atoms with Crippen molar-refractivity contribution in [1.82, 2.24) is 4.98 Å². The number of anilines is 2. The van der Waals surface area contributed by atoms with E-state index in [2.05, 4.69) is 29.6 Å². The molecule has 0 saturated heterocycles. The smallest absolute Gasteiger partial charge is 0.267 e. The highest BCUT2D eigenvalue weighted by atomic mass is 32.1. The van der Waals surface area contributed by atoms with Crippen LogP contribution in [0.5, 0.6) is 5.75 Å². The molecule has 3 N–H and O–H groups in total. The molecule has 0 fully saturated rings. The van der Waals surface area contributed by atoms with Gasteiger partial charge in [-0.25, -0.2) is 4.98 Å². The number of nitrogen functional groups attached to an aromatic ring is 1. The zero-order valence-corrected chi connectivity index (χ0v) is 20.2. The number of hydrogen-bond acceptors (Lipinski definition) is 5. The third-order valence-electron chi connectivity index (χ3n) is 6.38. The number of carbonyl (C=O) groups excluding carboxylic acids is 1. The molecule has 5 rings (SSSR count). The van der Waals surface area contributed by atoms with Gasteiger partial charge in [0.1, 0.15) is 15.5 Å². The number of nitrogens with zero attached hydrogens (tertiary/aromatic N) is 1. The van der Waals surface area contributed by atoms with Gasteiger partial charge in [0.2, 0.25) is 0 Å². The van der Waals surface area contributed by atoms with Crippen LogP contribution in [0, 0.1) is 0 Å². The van der Waals surface area contributed by atoms with Crippen molar-refractivity contribution in [2.24, 2.45) is 0 Å². The minimum atomic E-state index is -0.204. The molecule has 1 aliphatic carbocycles. The average Bonchev–Trinajstić information content (AvgIpc) is 3.20. The SMILES string of the molecule is CCOc1cccc(NC(=O)c2sc3nc(CCc4ccccc4)c4c(c3c2N)CCCC4)c1. The number of fused-ring (bicyclic) bond motifs is 3. The van der Waals surface area contributed by atoms with Crippen LogP contribution in [0.1, 0.15) is 51.8 Å². The van der Waals surface area contributed by atoms with E-state index in [1.165, 1.54) is 34.4 Å². The van der Waals surface area contributed by atoms with Gasteiger partial charge in [-0.05, 0) is 74.3 Å². The first kappa shape index (κ1) is 22.4. The van der Waals surface area contributed by atoms with Crippen LogP contribution in [0.4, 0.5) is 11.4 Å².